The van der Waals surface area contributed by atoms with Crippen molar-refractivity contribution in [3.05, 3.63) is 77.5 Å². The summed E-state index contributed by atoms with van der Waals surface area (Å²) in [5.74, 6) is -0.561. The fourth-order valence-corrected chi connectivity index (χ4v) is 2.78. The van der Waals surface area contributed by atoms with Crippen LogP contribution >= 0.6 is 0 Å². The third-order valence-corrected chi connectivity index (χ3v) is 4.15. The van der Waals surface area contributed by atoms with Crippen molar-refractivity contribution >= 4 is 12.0 Å². The van der Waals surface area contributed by atoms with E-state index in [0.717, 1.165) is 28.9 Å². The Morgan fingerprint density at radius 3 is 2.43 bits per heavy atom. The van der Waals surface area contributed by atoms with Gasteiger partial charge in [0.25, 0.3) is 5.91 Å². The Bertz CT molecular complexity index is 944. The molecule has 2 N–H and O–H groups in total. The highest BCUT2D eigenvalue weighted by Gasteiger charge is 2.05. The zero-order valence-electron chi connectivity index (χ0n) is 15.9. The lowest BCUT2D eigenvalue weighted by Crippen LogP contribution is -2.14. The molecule has 0 saturated carbocycles. The van der Waals surface area contributed by atoms with Gasteiger partial charge in [0, 0.05) is 18.2 Å². The smallest absolute Gasteiger partial charge is 0.267 e. The lowest BCUT2D eigenvalue weighted by Gasteiger charge is -2.09. The molecule has 1 amide bonds. The van der Waals surface area contributed by atoms with Gasteiger partial charge in [0.2, 0.25) is 0 Å². The number of rotatable bonds is 7. The molecule has 2 aromatic carbocycles. The number of hydrogen-bond donors (Lipinski definition) is 2. The number of carbonyl (C=O) groups excluding carboxylic acids is 1. The normalized spacial score (nSPS) is 11.3. The molecule has 28 heavy (non-hydrogen) atoms. The Kier molecular flexibility index (Phi) is 6.31. The molecule has 1 aromatic heterocycles. The van der Waals surface area contributed by atoms with Crippen LogP contribution in [0.3, 0.4) is 0 Å². The van der Waals surface area contributed by atoms with E-state index in [1.807, 2.05) is 44.6 Å². The minimum Gasteiger partial charge on any atom is -0.305 e. The molecule has 3 rings (SSSR count). The average molecular weight is 377 g/mol. The van der Waals surface area contributed by atoms with Crippen LogP contribution in [-0.4, -0.2) is 45.1 Å². The molecule has 1 heterocycles. The van der Waals surface area contributed by atoms with Crippen molar-refractivity contribution in [2.75, 3.05) is 14.1 Å². The molecule has 0 saturated heterocycles. The van der Waals surface area contributed by atoms with E-state index in [1.165, 1.54) is 11.6 Å². The van der Waals surface area contributed by atoms with Crippen molar-refractivity contribution in [3.63, 3.8) is 0 Å². The summed E-state index contributed by atoms with van der Waals surface area (Å²) >= 11 is 0. The van der Waals surface area contributed by atoms with Crippen molar-refractivity contribution in [2.45, 2.75) is 13.1 Å². The largest absolute Gasteiger partial charge is 0.305 e. The van der Waals surface area contributed by atoms with Crippen LogP contribution in [-0.2, 0) is 17.9 Å². The molecule has 0 aliphatic rings. The third kappa shape index (κ3) is 5.35. The summed E-state index contributed by atoms with van der Waals surface area (Å²) in [5.41, 5.74) is 6.63. The Morgan fingerprint density at radius 2 is 1.79 bits per heavy atom. The van der Waals surface area contributed by atoms with Crippen LogP contribution in [0.1, 0.15) is 16.7 Å². The Hall–Kier alpha value is -3.29. The molecule has 0 atom stereocenters. The second-order valence-corrected chi connectivity index (χ2v) is 6.79. The van der Waals surface area contributed by atoms with Crippen LogP contribution in [0, 0.1) is 0 Å². The maximum absolute atomic E-state index is 11.0. The summed E-state index contributed by atoms with van der Waals surface area (Å²) in [6.45, 7) is 1.51. The van der Waals surface area contributed by atoms with Gasteiger partial charge >= 0.3 is 0 Å². The van der Waals surface area contributed by atoms with Crippen molar-refractivity contribution in [3.8, 4) is 11.3 Å². The molecule has 0 fully saturated rings. The first kappa shape index (κ1) is 19.5. The van der Waals surface area contributed by atoms with Crippen LogP contribution in [0.5, 0.6) is 0 Å². The molecule has 7 nitrogen and oxygen atoms in total. The molecule has 3 aromatic rings. The van der Waals surface area contributed by atoms with E-state index >= 15 is 0 Å². The van der Waals surface area contributed by atoms with Gasteiger partial charge in [0.15, 0.2) is 0 Å². The van der Waals surface area contributed by atoms with Crippen LogP contribution in [0.25, 0.3) is 17.3 Å². The van der Waals surface area contributed by atoms with Crippen LogP contribution in [0.2, 0.25) is 0 Å². The highest BCUT2D eigenvalue weighted by Crippen LogP contribution is 2.18. The molecule has 7 heteroatoms. The van der Waals surface area contributed by atoms with E-state index in [4.69, 9.17) is 5.21 Å². The molecule has 0 spiro atoms. The lowest BCUT2D eigenvalue weighted by molar-refractivity contribution is -0.124. The number of hydrogen-bond acceptors (Lipinski definition) is 5. The first-order chi connectivity index (χ1) is 13.5. The van der Waals surface area contributed by atoms with Crippen molar-refractivity contribution in [1.82, 2.24) is 25.4 Å². The highest BCUT2D eigenvalue weighted by atomic mass is 16.5. The van der Waals surface area contributed by atoms with E-state index < -0.39 is 5.91 Å². The van der Waals surface area contributed by atoms with E-state index in [-0.39, 0.29) is 0 Å². The quantitative estimate of drug-likeness (QED) is 0.376. The Morgan fingerprint density at radius 1 is 1.11 bits per heavy atom. The lowest BCUT2D eigenvalue weighted by atomic mass is 10.1. The van der Waals surface area contributed by atoms with Crippen LogP contribution in [0.15, 0.2) is 60.8 Å². The molecule has 0 aliphatic heterocycles. The Balaban J connectivity index is 1.64. The van der Waals surface area contributed by atoms with Gasteiger partial charge in [0.1, 0.15) is 5.69 Å². The maximum Gasteiger partial charge on any atom is 0.267 e. The minimum atomic E-state index is -0.561. The molecular formula is C21H23N5O2. The second kappa shape index (κ2) is 9.07. The van der Waals surface area contributed by atoms with E-state index in [2.05, 4.69) is 39.5 Å². The van der Waals surface area contributed by atoms with Gasteiger partial charge < -0.3 is 4.90 Å². The van der Waals surface area contributed by atoms with Gasteiger partial charge in [-0.2, -0.15) is 0 Å². The summed E-state index contributed by atoms with van der Waals surface area (Å²) < 4.78 is 1.80. The molecular weight excluding hydrogens is 354 g/mol. The monoisotopic (exact) mass is 377 g/mol. The summed E-state index contributed by atoms with van der Waals surface area (Å²) in [4.78, 5) is 13.1. The zero-order chi connectivity index (χ0) is 19.9. The van der Waals surface area contributed by atoms with Gasteiger partial charge in [-0.05, 0) is 36.9 Å². The van der Waals surface area contributed by atoms with Gasteiger partial charge in [-0.15, -0.1) is 5.10 Å². The average Bonchev–Trinajstić information content (AvgIpc) is 3.15. The predicted molar refractivity (Wildman–Crippen MR) is 107 cm³/mol. The fraction of sp³-hybridized carbons (Fsp3) is 0.190. The Labute approximate surface area is 163 Å². The second-order valence-electron chi connectivity index (χ2n) is 6.79. The van der Waals surface area contributed by atoms with Crippen LogP contribution in [0.4, 0.5) is 0 Å². The molecule has 0 radical (unpaired) electrons. The predicted octanol–water partition coefficient (Wildman–Crippen LogP) is 2.57. The van der Waals surface area contributed by atoms with Gasteiger partial charge in [-0.25, -0.2) is 10.2 Å². The topological polar surface area (TPSA) is 83.3 Å². The van der Waals surface area contributed by atoms with Crippen molar-refractivity contribution in [1.29, 1.82) is 0 Å². The number of carbonyl (C=O) groups is 1. The number of aromatic nitrogens is 3. The number of nitrogens with one attached hydrogen (secondary N) is 1. The molecule has 0 bridgehead atoms. The molecule has 0 unspecified atom stereocenters. The first-order valence-corrected chi connectivity index (χ1v) is 8.89. The molecule has 144 valence electrons. The first-order valence-electron chi connectivity index (χ1n) is 8.89. The minimum absolute atomic E-state index is 0.561. The summed E-state index contributed by atoms with van der Waals surface area (Å²) in [5, 5.41) is 17.0. The maximum atomic E-state index is 11.0. The van der Waals surface area contributed by atoms with Crippen molar-refractivity contribution in [2.24, 2.45) is 0 Å². The van der Waals surface area contributed by atoms with E-state index in [9.17, 15) is 4.79 Å². The zero-order valence-corrected chi connectivity index (χ0v) is 15.9. The number of nitrogens with zero attached hydrogens (tertiary/aromatic N) is 4. The number of amides is 1. The molecule has 0 aliphatic carbocycles. The van der Waals surface area contributed by atoms with Crippen LogP contribution < -0.4 is 5.48 Å². The standard InChI is InChI=1S/C21H23N5O2/c1-25(2)13-17-7-10-19(11-8-17)20-15-26(24-22-20)14-18-5-3-16(4-6-18)9-12-21(27)23-28/h3-12,15,28H,13-14H2,1-2H3,(H,23,27)/b12-9+. The summed E-state index contributed by atoms with van der Waals surface area (Å²) in [6.07, 6.45) is 4.83. The highest BCUT2D eigenvalue weighted by molar-refractivity contribution is 5.90. The number of benzene rings is 2. The van der Waals surface area contributed by atoms with E-state index in [1.54, 1.807) is 16.2 Å². The fourth-order valence-electron chi connectivity index (χ4n) is 2.78. The van der Waals surface area contributed by atoms with Gasteiger partial charge in [-0.1, -0.05) is 53.7 Å². The van der Waals surface area contributed by atoms with Crippen molar-refractivity contribution < 1.29 is 10.0 Å². The summed E-state index contributed by atoms with van der Waals surface area (Å²) in [7, 11) is 4.10. The summed E-state index contributed by atoms with van der Waals surface area (Å²) in [6, 6.07) is 16.1. The van der Waals surface area contributed by atoms with Gasteiger partial charge in [-0.3, -0.25) is 10.0 Å². The van der Waals surface area contributed by atoms with E-state index in [0.29, 0.717) is 6.54 Å². The third-order valence-electron chi connectivity index (χ3n) is 4.15. The SMILES string of the molecule is CN(C)Cc1ccc(-c2cn(Cc3ccc(/C=C/C(=O)NO)cc3)nn2)cc1. The van der Waals surface area contributed by atoms with Gasteiger partial charge in [0.05, 0.1) is 12.7 Å². The number of hydroxylamine groups is 1.